The Balaban J connectivity index is 1.55. The first-order valence-electron chi connectivity index (χ1n) is 23.7. The van der Waals surface area contributed by atoms with Crippen molar-refractivity contribution in [1.82, 2.24) is 4.90 Å². The maximum Gasteiger partial charge on any atom is 0.335 e. The van der Waals surface area contributed by atoms with Gasteiger partial charge in [0.1, 0.15) is 18.2 Å². The minimum absolute atomic E-state index is 0.0423. The quantitative estimate of drug-likeness (QED) is 0.118. The summed E-state index contributed by atoms with van der Waals surface area (Å²) in [6.45, 7) is 8.94. The minimum atomic E-state index is -2.56. The van der Waals surface area contributed by atoms with Crippen molar-refractivity contribution in [2.75, 3.05) is 27.4 Å². The van der Waals surface area contributed by atoms with Crippen molar-refractivity contribution in [3.8, 4) is 0 Å². The van der Waals surface area contributed by atoms with Crippen molar-refractivity contribution in [3.63, 3.8) is 0 Å². The Morgan fingerprint density at radius 2 is 1.59 bits per heavy atom. The number of hydrogen-bond donors (Lipinski definition) is 5. The fourth-order valence-corrected chi connectivity index (χ4v) is 10.4. The van der Waals surface area contributed by atoms with E-state index in [1.165, 1.54) is 26.4 Å². The molecule has 0 spiro atoms. The zero-order chi connectivity index (χ0) is 48.5. The van der Waals surface area contributed by atoms with Crippen LogP contribution in [0.15, 0.2) is 53.6 Å². The first kappa shape index (κ1) is 52.9. The number of esters is 1. The highest BCUT2D eigenvalue weighted by Crippen LogP contribution is 2.39. The smallest absolute Gasteiger partial charge is 0.335 e. The Hall–Kier alpha value is -4.09. The Bertz CT molecular complexity index is 1940. The molecule has 5 N–H and O–H groups in total. The molecule has 4 aliphatic rings. The number of methoxy groups -OCH3 is 2. The van der Waals surface area contributed by atoms with Gasteiger partial charge >= 0.3 is 11.9 Å². The Morgan fingerprint density at radius 1 is 0.909 bits per heavy atom. The minimum Gasteiger partial charge on any atom is -0.478 e. The average Bonchev–Trinajstić information content (AvgIpc) is 3.29. The van der Waals surface area contributed by atoms with E-state index >= 15 is 0 Å². The van der Waals surface area contributed by atoms with Crippen LogP contribution in [0.2, 0.25) is 0 Å². The number of cyclic esters (lactones) is 1. The number of ketones is 2. The Labute approximate surface area is 389 Å². The number of carbonyl (C=O) groups is 5. The average molecular weight is 924 g/mol. The number of carboxylic acid groups (broad SMARTS) is 1. The van der Waals surface area contributed by atoms with Gasteiger partial charge in [0.2, 0.25) is 5.79 Å². The van der Waals surface area contributed by atoms with Gasteiger partial charge in [0, 0.05) is 51.5 Å². The molecule has 15 heteroatoms. The van der Waals surface area contributed by atoms with Crippen LogP contribution in [-0.4, -0.2) is 136 Å². The molecule has 4 unspecified atom stereocenters. The molecule has 3 heterocycles. The first-order valence-corrected chi connectivity index (χ1v) is 23.7. The van der Waals surface area contributed by atoms with Crippen LogP contribution in [0.5, 0.6) is 0 Å². The van der Waals surface area contributed by atoms with E-state index < -0.39 is 83.9 Å². The Morgan fingerprint density at radius 3 is 2.24 bits per heavy atom. The van der Waals surface area contributed by atoms with Crippen molar-refractivity contribution < 1.29 is 68.5 Å². The first-order chi connectivity index (χ1) is 31.3. The summed E-state index contributed by atoms with van der Waals surface area (Å²) in [6, 6.07) is 5.15. The fourth-order valence-electron chi connectivity index (χ4n) is 10.4. The van der Waals surface area contributed by atoms with Crippen LogP contribution in [0.3, 0.4) is 0 Å². The van der Waals surface area contributed by atoms with Gasteiger partial charge in [0.15, 0.2) is 5.78 Å². The maximum atomic E-state index is 14.5. The van der Waals surface area contributed by atoms with E-state index in [1.54, 1.807) is 39.0 Å². The lowest BCUT2D eigenvalue weighted by Crippen LogP contribution is -2.64. The van der Waals surface area contributed by atoms with Crippen molar-refractivity contribution in [1.29, 1.82) is 0 Å². The number of aliphatic hydroxyl groups excluding tert-OH is 3. The molecule has 1 aromatic rings. The summed E-state index contributed by atoms with van der Waals surface area (Å²) in [7, 11) is 3.02. The largest absolute Gasteiger partial charge is 0.478 e. The van der Waals surface area contributed by atoms with Crippen LogP contribution in [0, 0.1) is 35.5 Å². The summed E-state index contributed by atoms with van der Waals surface area (Å²) >= 11 is 0. The van der Waals surface area contributed by atoms with Gasteiger partial charge in [-0.25, -0.2) is 9.59 Å². The summed E-state index contributed by atoms with van der Waals surface area (Å²) in [6.07, 6.45) is 6.06. The summed E-state index contributed by atoms with van der Waals surface area (Å²) in [5, 5.41) is 53.8. The number of carbonyl (C=O) groups excluding carboxylic acids is 4. The van der Waals surface area contributed by atoms with Crippen molar-refractivity contribution >= 4 is 35.5 Å². The van der Waals surface area contributed by atoms with Gasteiger partial charge in [-0.1, -0.05) is 64.1 Å². The number of allylic oxidation sites excluding steroid dienone is 4. The lowest BCUT2D eigenvalue weighted by atomic mass is 9.78. The number of rotatable bonds is 9. The van der Waals surface area contributed by atoms with E-state index in [2.05, 4.69) is 0 Å². The number of hydrogen-bond acceptors (Lipinski definition) is 13. The number of Topliss-reactive ketones (excluding diaryl/α,β-unsaturated/α-hetero) is 2. The molecule has 5 rings (SSSR count). The lowest BCUT2D eigenvalue weighted by molar-refractivity contribution is -0.302. The fraction of sp³-hybridized carbons (Fsp3) is 0.667. The maximum absolute atomic E-state index is 14.5. The van der Waals surface area contributed by atoms with Gasteiger partial charge in [-0.2, -0.15) is 0 Å². The predicted octanol–water partition coefficient (Wildman–Crippen LogP) is 5.46. The van der Waals surface area contributed by atoms with Crippen LogP contribution >= 0.6 is 0 Å². The molecular formula is C51H73NO14. The molecule has 1 saturated carbocycles. The zero-order valence-electron chi connectivity index (χ0n) is 39.7. The third-order valence-electron chi connectivity index (χ3n) is 14.4. The highest BCUT2D eigenvalue weighted by molar-refractivity contribution is 6.39. The van der Waals surface area contributed by atoms with Crippen LogP contribution in [0.4, 0.5) is 0 Å². The molecular weight excluding hydrogens is 851 g/mol. The number of aliphatic hydroxyl groups is 4. The van der Waals surface area contributed by atoms with E-state index in [0.29, 0.717) is 56.1 Å². The SMILES string of the molecule is CO[C@H]1C[C@@H](C)CC(C)/C=C(\CC=Cc2ccc(C(=O)O)cc2)C(=O)C[C@H](O)[C@@H](C)[C@@H](C(C)=CC2CC[C@@H](O)[C@H](CO)C2)OC(=O)C2CCCCN2C(=O)C(=O)[C@]2(O)OC1[C@@H](OC)C[C@H]2C. The van der Waals surface area contributed by atoms with E-state index in [-0.39, 0.29) is 73.9 Å². The third kappa shape index (κ3) is 12.9. The second kappa shape index (κ2) is 23.8. The van der Waals surface area contributed by atoms with E-state index in [0.717, 1.165) is 10.5 Å². The number of ether oxygens (including phenoxy) is 4. The number of nitrogens with zero attached hydrogens (tertiary/aromatic N) is 1. The molecule has 15 nitrogen and oxygen atoms in total. The topological polar surface area (TPSA) is 227 Å². The van der Waals surface area contributed by atoms with Crippen LogP contribution in [-0.2, 0) is 38.1 Å². The van der Waals surface area contributed by atoms with Crippen molar-refractivity contribution in [3.05, 3.63) is 64.8 Å². The van der Waals surface area contributed by atoms with Crippen molar-refractivity contribution in [2.45, 2.75) is 154 Å². The normalized spacial score (nSPS) is 37.1. The summed E-state index contributed by atoms with van der Waals surface area (Å²) in [4.78, 5) is 70.1. The van der Waals surface area contributed by atoms with Crippen LogP contribution in [0.25, 0.3) is 6.08 Å². The highest BCUT2D eigenvalue weighted by atomic mass is 16.7. The monoisotopic (exact) mass is 924 g/mol. The summed E-state index contributed by atoms with van der Waals surface area (Å²) in [5.41, 5.74) is 1.93. The number of fused-ring (bicyclic) bond motifs is 3. The highest BCUT2D eigenvalue weighted by Gasteiger charge is 2.56. The van der Waals surface area contributed by atoms with Crippen molar-refractivity contribution in [2.24, 2.45) is 35.5 Å². The molecule has 366 valence electrons. The molecule has 1 aromatic carbocycles. The molecule has 3 aliphatic heterocycles. The predicted molar refractivity (Wildman–Crippen MR) is 245 cm³/mol. The van der Waals surface area contributed by atoms with Gasteiger partial charge < -0.3 is 49.4 Å². The number of amides is 1. The zero-order valence-corrected chi connectivity index (χ0v) is 39.7. The Kier molecular flexibility index (Phi) is 19.0. The lowest BCUT2D eigenvalue weighted by Gasteiger charge is -2.47. The molecule has 2 bridgehead atoms. The van der Waals surface area contributed by atoms with Crippen LogP contribution in [0.1, 0.15) is 121 Å². The van der Waals surface area contributed by atoms with Gasteiger partial charge in [-0.15, -0.1) is 0 Å². The number of aromatic carboxylic acids is 1. The van der Waals surface area contributed by atoms with Gasteiger partial charge in [0.05, 0.1) is 30.0 Å². The molecule has 0 aromatic heterocycles. The summed E-state index contributed by atoms with van der Waals surface area (Å²) < 4.78 is 24.4. The standard InChI is InChI=1S/C51H73NO14/c1-29-21-30(2)23-43(63-6)46-44(64-7)25-32(4)51(62,66-46)47(57)48(58)52-20-9-8-13-39(52)50(61)65-45(31(3)24-35-16-19-40(54)38(26-35)28-53)33(5)41(55)27-42(56)37(22-29)12-10-11-34-14-17-36(18-15-34)49(59)60/h10-11,14-15,17-18,22,24,29-30,32-33,35,38-41,43-46,53-55,62H,8-9,12-13,16,19-21,23,25-28H2,1-7H3,(H,59,60)/b11-10?,31-24?,37-22+/t29?,30-,32+,33+,35?,38-,39?,40+,41-,43-,44-,45+,46?,51+/m0/s1. The molecule has 0 radical (unpaired) electrons. The molecule has 3 fully saturated rings. The molecule has 1 amide bonds. The second-order valence-corrected chi connectivity index (χ2v) is 19.5. The molecule has 14 atom stereocenters. The van der Waals surface area contributed by atoms with Gasteiger partial charge in [-0.05, 0) is 118 Å². The number of benzene rings is 1. The van der Waals surface area contributed by atoms with E-state index in [4.69, 9.17) is 18.9 Å². The molecule has 2 saturated heterocycles. The molecule has 66 heavy (non-hydrogen) atoms. The second-order valence-electron chi connectivity index (χ2n) is 19.5. The third-order valence-corrected chi connectivity index (χ3v) is 14.4. The van der Waals surface area contributed by atoms with E-state index in [9.17, 15) is 49.5 Å². The van der Waals surface area contributed by atoms with E-state index in [1.807, 2.05) is 32.1 Å². The number of piperidine rings is 1. The van der Waals surface area contributed by atoms with Crippen LogP contribution < -0.4 is 0 Å². The van der Waals surface area contributed by atoms with Gasteiger partial charge in [0.25, 0.3) is 11.7 Å². The summed E-state index contributed by atoms with van der Waals surface area (Å²) in [5.74, 6) is -9.32. The van der Waals surface area contributed by atoms with Gasteiger partial charge in [-0.3, -0.25) is 14.4 Å². The molecule has 1 aliphatic carbocycles. The number of carboxylic acids is 1.